The van der Waals surface area contributed by atoms with Crippen LogP contribution in [0.15, 0.2) is 30.7 Å². The van der Waals surface area contributed by atoms with E-state index < -0.39 is 0 Å². The smallest absolute Gasteiger partial charge is 0.317 e. The Bertz CT molecular complexity index is 690. The minimum absolute atomic E-state index is 0.0738. The lowest BCUT2D eigenvalue weighted by Gasteiger charge is -2.36. The third-order valence-corrected chi connectivity index (χ3v) is 5.11. The lowest BCUT2D eigenvalue weighted by atomic mass is 10.00. The van der Waals surface area contributed by atoms with Gasteiger partial charge in [0.05, 0.1) is 6.04 Å². The number of urea groups is 1. The molecule has 1 fully saturated rings. The predicted molar refractivity (Wildman–Crippen MR) is 98.3 cm³/mol. The molecule has 1 saturated heterocycles. The number of hydrogen-bond acceptors (Lipinski definition) is 2. The van der Waals surface area contributed by atoms with Crippen LogP contribution in [-0.2, 0) is 13.6 Å². The summed E-state index contributed by atoms with van der Waals surface area (Å²) in [6.45, 7) is 4.54. The largest absolute Gasteiger partial charge is 0.353 e. The van der Waals surface area contributed by atoms with Gasteiger partial charge >= 0.3 is 6.03 Å². The van der Waals surface area contributed by atoms with Crippen LogP contribution >= 0.6 is 0 Å². The van der Waals surface area contributed by atoms with Crippen molar-refractivity contribution in [2.24, 2.45) is 7.05 Å². The molecule has 1 N–H and O–H groups in total. The van der Waals surface area contributed by atoms with Crippen LogP contribution in [0.3, 0.4) is 0 Å². The molecular weight excluding hydrogens is 314 g/mol. The topological polar surface area (TPSA) is 55.1 Å². The quantitative estimate of drug-likeness (QED) is 0.819. The number of unbranched alkanes of at least 4 members (excludes halogenated alkanes) is 1. The van der Waals surface area contributed by atoms with Gasteiger partial charge in [0.25, 0.3) is 0 Å². The molecule has 2 amide bonds. The Morgan fingerprint density at radius 1 is 1.32 bits per heavy atom. The molecule has 3 rings (SSSR count). The van der Waals surface area contributed by atoms with Gasteiger partial charge in [0.15, 0.2) is 0 Å². The fraction of sp³-hybridized carbons (Fsp3) is 0.579. The molecule has 1 aliphatic heterocycles. The Balaban J connectivity index is 1.46. The highest BCUT2D eigenvalue weighted by atomic mass is 16.2. The minimum Gasteiger partial charge on any atom is -0.353 e. The number of aromatic nitrogens is 3. The molecule has 3 heterocycles. The summed E-state index contributed by atoms with van der Waals surface area (Å²) >= 11 is 0. The molecular formula is C19H29N5O. The first kappa shape index (κ1) is 17.6. The maximum atomic E-state index is 12.7. The summed E-state index contributed by atoms with van der Waals surface area (Å²) in [5, 5.41) is 3.11. The number of carbonyl (C=O) groups excluding carboxylic acids is 1. The second-order valence-electron chi connectivity index (χ2n) is 6.86. The molecule has 1 aliphatic rings. The molecule has 0 bridgehead atoms. The Morgan fingerprint density at radius 2 is 2.20 bits per heavy atom. The zero-order chi connectivity index (χ0) is 17.6. The third kappa shape index (κ3) is 4.24. The predicted octanol–water partition coefficient (Wildman–Crippen LogP) is 3.25. The SMILES string of the molecule is Cc1nccn1CCCCNC(=O)N1CCCC[C@@H]1c1cccn1C. The highest BCUT2D eigenvalue weighted by Crippen LogP contribution is 2.30. The molecule has 6 heteroatoms. The first-order valence-corrected chi connectivity index (χ1v) is 9.30. The van der Waals surface area contributed by atoms with Gasteiger partial charge in [0.2, 0.25) is 0 Å². The van der Waals surface area contributed by atoms with Gasteiger partial charge in [-0.3, -0.25) is 0 Å². The van der Waals surface area contributed by atoms with E-state index in [1.165, 1.54) is 12.1 Å². The van der Waals surface area contributed by atoms with Crippen molar-refractivity contribution in [2.45, 2.75) is 51.6 Å². The van der Waals surface area contributed by atoms with E-state index in [2.05, 4.69) is 44.8 Å². The molecule has 25 heavy (non-hydrogen) atoms. The van der Waals surface area contributed by atoms with E-state index in [4.69, 9.17) is 0 Å². The molecule has 0 aliphatic carbocycles. The standard InChI is InChI=1S/C19H29N5O/c1-16-20-11-15-23(16)13-6-4-10-21-19(25)24-14-5-3-8-18(24)17-9-7-12-22(17)2/h7,9,11-12,15,18H,3-6,8,10,13-14H2,1-2H3,(H,21,25)/t18-/m1/s1. The van der Waals surface area contributed by atoms with Crippen LogP contribution in [0, 0.1) is 6.92 Å². The Kier molecular flexibility index (Phi) is 5.79. The first-order valence-electron chi connectivity index (χ1n) is 9.30. The van der Waals surface area contributed by atoms with Gasteiger partial charge in [-0.15, -0.1) is 0 Å². The van der Waals surface area contributed by atoms with Gasteiger partial charge in [0.1, 0.15) is 5.82 Å². The van der Waals surface area contributed by atoms with Crippen LogP contribution in [0.5, 0.6) is 0 Å². The van der Waals surface area contributed by atoms with Crippen molar-refractivity contribution in [1.82, 2.24) is 24.3 Å². The van der Waals surface area contributed by atoms with E-state index in [1.807, 2.05) is 24.2 Å². The number of likely N-dealkylation sites (tertiary alicyclic amines) is 1. The van der Waals surface area contributed by atoms with E-state index in [-0.39, 0.29) is 12.1 Å². The van der Waals surface area contributed by atoms with Gasteiger partial charge in [-0.1, -0.05) is 0 Å². The van der Waals surface area contributed by atoms with Crippen LogP contribution in [0.1, 0.15) is 49.7 Å². The van der Waals surface area contributed by atoms with Crippen molar-refractivity contribution < 1.29 is 4.79 Å². The highest BCUT2D eigenvalue weighted by molar-refractivity contribution is 5.74. The summed E-state index contributed by atoms with van der Waals surface area (Å²) < 4.78 is 4.28. The number of rotatable bonds is 6. The van der Waals surface area contributed by atoms with Crippen LogP contribution in [0.25, 0.3) is 0 Å². The number of amides is 2. The van der Waals surface area contributed by atoms with E-state index in [9.17, 15) is 4.79 Å². The number of imidazole rings is 1. The summed E-state index contributed by atoms with van der Waals surface area (Å²) in [5.41, 5.74) is 1.23. The van der Waals surface area contributed by atoms with Gasteiger partial charge in [-0.25, -0.2) is 9.78 Å². The van der Waals surface area contributed by atoms with Gasteiger partial charge in [-0.05, 0) is 51.2 Å². The van der Waals surface area contributed by atoms with Crippen molar-refractivity contribution in [3.8, 4) is 0 Å². The fourth-order valence-electron chi connectivity index (χ4n) is 3.65. The van der Waals surface area contributed by atoms with E-state index in [0.29, 0.717) is 0 Å². The van der Waals surface area contributed by atoms with Gasteiger partial charge in [0, 0.05) is 51.0 Å². The number of hydrogen-bond donors (Lipinski definition) is 1. The average Bonchev–Trinajstić information content (AvgIpc) is 3.23. The number of carbonyl (C=O) groups is 1. The van der Waals surface area contributed by atoms with E-state index >= 15 is 0 Å². The summed E-state index contributed by atoms with van der Waals surface area (Å²) in [7, 11) is 2.05. The number of nitrogens with one attached hydrogen (secondary N) is 1. The van der Waals surface area contributed by atoms with E-state index in [0.717, 1.165) is 51.1 Å². The van der Waals surface area contributed by atoms with Crippen LogP contribution < -0.4 is 5.32 Å². The van der Waals surface area contributed by atoms with Gasteiger partial charge in [-0.2, -0.15) is 0 Å². The zero-order valence-electron chi connectivity index (χ0n) is 15.3. The lowest BCUT2D eigenvalue weighted by Crippen LogP contribution is -2.45. The molecule has 2 aromatic heterocycles. The fourth-order valence-corrected chi connectivity index (χ4v) is 3.65. The molecule has 0 aromatic carbocycles. The third-order valence-electron chi connectivity index (χ3n) is 5.11. The Morgan fingerprint density at radius 3 is 2.92 bits per heavy atom. The molecule has 1 atom stereocenters. The van der Waals surface area contributed by atoms with Gasteiger partial charge < -0.3 is 19.4 Å². The van der Waals surface area contributed by atoms with Crippen molar-refractivity contribution in [2.75, 3.05) is 13.1 Å². The van der Waals surface area contributed by atoms with Crippen LogP contribution in [0.2, 0.25) is 0 Å². The lowest BCUT2D eigenvalue weighted by molar-refractivity contribution is 0.148. The average molecular weight is 343 g/mol. The number of piperidine rings is 1. The highest BCUT2D eigenvalue weighted by Gasteiger charge is 2.29. The molecule has 0 radical (unpaired) electrons. The monoisotopic (exact) mass is 343 g/mol. The summed E-state index contributed by atoms with van der Waals surface area (Å²) in [6, 6.07) is 4.45. The Hall–Kier alpha value is -2.24. The molecule has 2 aromatic rings. The van der Waals surface area contributed by atoms with Crippen LogP contribution in [0.4, 0.5) is 4.79 Å². The minimum atomic E-state index is 0.0738. The second kappa shape index (κ2) is 8.23. The summed E-state index contributed by atoms with van der Waals surface area (Å²) in [4.78, 5) is 18.9. The van der Waals surface area contributed by atoms with Crippen molar-refractivity contribution >= 4 is 6.03 Å². The van der Waals surface area contributed by atoms with Crippen LogP contribution in [-0.4, -0.2) is 38.1 Å². The summed E-state index contributed by atoms with van der Waals surface area (Å²) in [6.07, 6.45) is 11.2. The maximum Gasteiger partial charge on any atom is 0.317 e. The second-order valence-corrected chi connectivity index (χ2v) is 6.86. The molecule has 136 valence electrons. The zero-order valence-corrected chi connectivity index (χ0v) is 15.3. The maximum absolute atomic E-state index is 12.7. The van der Waals surface area contributed by atoms with Crippen molar-refractivity contribution in [1.29, 1.82) is 0 Å². The summed E-state index contributed by atoms with van der Waals surface area (Å²) in [5.74, 6) is 1.04. The van der Waals surface area contributed by atoms with Crippen molar-refractivity contribution in [3.05, 3.63) is 42.2 Å². The van der Waals surface area contributed by atoms with E-state index in [1.54, 1.807) is 0 Å². The normalized spacial score (nSPS) is 17.7. The van der Waals surface area contributed by atoms with Crippen molar-refractivity contribution in [3.63, 3.8) is 0 Å². The Labute approximate surface area is 149 Å². The molecule has 0 spiro atoms. The molecule has 0 unspecified atom stereocenters. The molecule has 6 nitrogen and oxygen atoms in total. The molecule has 0 saturated carbocycles. The number of nitrogens with zero attached hydrogens (tertiary/aromatic N) is 4. The number of aryl methyl sites for hydroxylation is 3. The first-order chi connectivity index (χ1) is 12.2.